The van der Waals surface area contributed by atoms with Crippen molar-refractivity contribution in [2.75, 3.05) is 6.54 Å². The van der Waals surface area contributed by atoms with E-state index in [9.17, 15) is 4.79 Å². The maximum atomic E-state index is 12.3. The van der Waals surface area contributed by atoms with Crippen molar-refractivity contribution in [1.82, 2.24) is 15.3 Å². The average Bonchev–Trinajstić information content (AvgIpc) is 2.98. The molecule has 1 unspecified atom stereocenters. The minimum Gasteiger partial charge on any atom is -0.356 e. The Morgan fingerprint density at radius 3 is 2.91 bits per heavy atom. The number of nitrogens with zero attached hydrogens (tertiary/aromatic N) is 2. The molecule has 122 valence electrons. The van der Waals surface area contributed by atoms with Gasteiger partial charge in [-0.15, -0.1) is 11.3 Å². The molecule has 0 fully saturated rings. The van der Waals surface area contributed by atoms with Gasteiger partial charge in [0.25, 0.3) is 0 Å². The molecule has 2 heterocycles. The highest BCUT2D eigenvalue weighted by molar-refractivity contribution is 7.15. The zero-order chi connectivity index (χ0) is 16.2. The highest BCUT2D eigenvalue weighted by Crippen LogP contribution is 2.34. The summed E-state index contributed by atoms with van der Waals surface area (Å²) in [4.78, 5) is 22.4. The van der Waals surface area contributed by atoms with Crippen LogP contribution in [-0.4, -0.2) is 22.4 Å². The molecule has 0 saturated carbocycles. The van der Waals surface area contributed by atoms with Crippen LogP contribution in [0.2, 0.25) is 0 Å². The maximum absolute atomic E-state index is 12.3. The first-order valence-corrected chi connectivity index (χ1v) is 9.12. The molecule has 0 saturated heterocycles. The van der Waals surface area contributed by atoms with Crippen molar-refractivity contribution < 1.29 is 4.79 Å². The molecule has 0 spiro atoms. The van der Waals surface area contributed by atoms with Crippen LogP contribution in [0.4, 0.5) is 0 Å². The fraction of sp³-hybridized carbons (Fsp3) is 0.500. The standard InChI is InChI=1S/C18H23N3OS/c1-12(2)5-10-20-17(22)14-3-4-15-16(11-14)23-18(21-15)13-6-8-19-9-7-13/h6-9,12,14H,3-5,10-11H2,1-2H3,(H,20,22). The Labute approximate surface area is 141 Å². The lowest BCUT2D eigenvalue weighted by molar-refractivity contribution is -0.125. The highest BCUT2D eigenvalue weighted by atomic mass is 32.1. The van der Waals surface area contributed by atoms with E-state index in [1.807, 2.05) is 12.1 Å². The number of nitrogens with one attached hydrogen (secondary N) is 1. The third-order valence-electron chi connectivity index (χ3n) is 4.26. The van der Waals surface area contributed by atoms with E-state index in [2.05, 4.69) is 24.1 Å². The van der Waals surface area contributed by atoms with Crippen LogP contribution >= 0.6 is 11.3 Å². The summed E-state index contributed by atoms with van der Waals surface area (Å²) in [5, 5.41) is 4.13. The predicted octanol–water partition coefficient (Wildman–Crippen LogP) is 3.47. The highest BCUT2D eigenvalue weighted by Gasteiger charge is 2.27. The fourth-order valence-corrected chi connectivity index (χ4v) is 4.04. The number of aromatic nitrogens is 2. The number of rotatable bonds is 5. The summed E-state index contributed by atoms with van der Waals surface area (Å²) in [6.07, 6.45) is 7.25. The summed E-state index contributed by atoms with van der Waals surface area (Å²) in [5.41, 5.74) is 2.28. The minimum absolute atomic E-state index is 0.0976. The molecule has 23 heavy (non-hydrogen) atoms. The molecule has 5 heteroatoms. The van der Waals surface area contributed by atoms with Gasteiger partial charge in [0, 0.05) is 35.3 Å². The molecule has 1 N–H and O–H groups in total. The lowest BCUT2D eigenvalue weighted by atomic mass is 9.90. The summed E-state index contributed by atoms with van der Waals surface area (Å²) in [6.45, 7) is 5.14. The molecule has 1 aliphatic carbocycles. The maximum Gasteiger partial charge on any atom is 0.223 e. The Morgan fingerprint density at radius 1 is 1.39 bits per heavy atom. The van der Waals surface area contributed by atoms with Gasteiger partial charge >= 0.3 is 0 Å². The lowest BCUT2D eigenvalue weighted by Gasteiger charge is -2.20. The van der Waals surface area contributed by atoms with Gasteiger partial charge in [0.05, 0.1) is 5.69 Å². The average molecular weight is 329 g/mol. The van der Waals surface area contributed by atoms with Gasteiger partial charge in [0.1, 0.15) is 5.01 Å². The topological polar surface area (TPSA) is 54.9 Å². The normalized spacial score (nSPS) is 17.1. The molecular weight excluding hydrogens is 306 g/mol. The van der Waals surface area contributed by atoms with Crippen molar-refractivity contribution in [2.45, 2.75) is 39.5 Å². The van der Waals surface area contributed by atoms with Crippen molar-refractivity contribution in [3.8, 4) is 10.6 Å². The number of fused-ring (bicyclic) bond motifs is 1. The van der Waals surface area contributed by atoms with E-state index in [0.29, 0.717) is 5.92 Å². The van der Waals surface area contributed by atoms with Gasteiger partial charge in [-0.3, -0.25) is 9.78 Å². The molecule has 1 atom stereocenters. The van der Waals surface area contributed by atoms with E-state index < -0.39 is 0 Å². The van der Waals surface area contributed by atoms with Crippen molar-refractivity contribution in [3.05, 3.63) is 35.1 Å². The lowest BCUT2D eigenvalue weighted by Crippen LogP contribution is -2.34. The number of carbonyl (C=O) groups excluding carboxylic acids is 1. The SMILES string of the molecule is CC(C)CCNC(=O)C1CCc2nc(-c3ccncc3)sc2C1. The molecular formula is C18H23N3OS. The fourth-order valence-electron chi connectivity index (χ4n) is 2.85. The van der Waals surface area contributed by atoms with Crippen molar-refractivity contribution >= 4 is 17.2 Å². The van der Waals surface area contributed by atoms with E-state index in [-0.39, 0.29) is 11.8 Å². The number of aryl methyl sites for hydroxylation is 1. The third-order valence-corrected chi connectivity index (χ3v) is 5.43. The van der Waals surface area contributed by atoms with Crippen LogP contribution in [0, 0.1) is 11.8 Å². The Balaban J connectivity index is 1.64. The summed E-state index contributed by atoms with van der Waals surface area (Å²) in [7, 11) is 0. The molecule has 2 aromatic rings. The van der Waals surface area contributed by atoms with E-state index in [0.717, 1.165) is 42.8 Å². The van der Waals surface area contributed by atoms with E-state index in [4.69, 9.17) is 4.98 Å². The molecule has 0 aromatic carbocycles. The Morgan fingerprint density at radius 2 is 2.17 bits per heavy atom. The van der Waals surface area contributed by atoms with Gasteiger partial charge in [-0.05, 0) is 43.7 Å². The molecule has 0 aliphatic heterocycles. The smallest absolute Gasteiger partial charge is 0.223 e. The van der Waals surface area contributed by atoms with Crippen molar-refractivity contribution in [2.24, 2.45) is 11.8 Å². The largest absolute Gasteiger partial charge is 0.356 e. The zero-order valence-corrected chi connectivity index (χ0v) is 14.5. The van der Waals surface area contributed by atoms with E-state index >= 15 is 0 Å². The molecule has 0 bridgehead atoms. The number of thiazole rings is 1. The second kappa shape index (κ2) is 7.21. The molecule has 2 aromatic heterocycles. The van der Waals surface area contributed by atoms with Gasteiger partial charge in [-0.1, -0.05) is 13.8 Å². The number of hydrogen-bond donors (Lipinski definition) is 1. The Hall–Kier alpha value is -1.75. The van der Waals surface area contributed by atoms with Crippen LogP contribution in [0.1, 0.15) is 37.3 Å². The Kier molecular flexibility index (Phi) is 5.06. The van der Waals surface area contributed by atoms with Crippen LogP contribution in [0.15, 0.2) is 24.5 Å². The number of amides is 1. The number of carbonyl (C=O) groups is 1. The Bertz CT molecular complexity index is 666. The van der Waals surface area contributed by atoms with Crippen molar-refractivity contribution in [1.29, 1.82) is 0 Å². The van der Waals surface area contributed by atoms with Gasteiger partial charge in [-0.2, -0.15) is 0 Å². The molecule has 3 rings (SSSR count). The molecule has 1 aliphatic rings. The van der Waals surface area contributed by atoms with Crippen LogP contribution in [-0.2, 0) is 17.6 Å². The van der Waals surface area contributed by atoms with Crippen LogP contribution in [0.3, 0.4) is 0 Å². The summed E-state index contributed by atoms with van der Waals surface area (Å²) in [6, 6.07) is 3.97. The molecule has 1 amide bonds. The first kappa shape index (κ1) is 16.1. The summed E-state index contributed by atoms with van der Waals surface area (Å²) >= 11 is 1.72. The summed E-state index contributed by atoms with van der Waals surface area (Å²) in [5.74, 6) is 0.924. The van der Waals surface area contributed by atoms with Crippen molar-refractivity contribution in [3.63, 3.8) is 0 Å². The summed E-state index contributed by atoms with van der Waals surface area (Å²) < 4.78 is 0. The van der Waals surface area contributed by atoms with E-state index in [1.165, 1.54) is 10.6 Å². The first-order valence-electron chi connectivity index (χ1n) is 8.30. The monoisotopic (exact) mass is 329 g/mol. The molecule has 0 radical (unpaired) electrons. The molecule has 4 nitrogen and oxygen atoms in total. The van der Waals surface area contributed by atoms with Crippen LogP contribution < -0.4 is 5.32 Å². The zero-order valence-electron chi connectivity index (χ0n) is 13.7. The van der Waals surface area contributed by atoms with Gasteiger partial charge in [0.2, 0.25) is 5.91 Å². The van der Waals surface area contributed by atoms with E-state index in [1.54, 1.807) is 23.7 Å². The van der Waals surface area contributed by atoms with Crippen LogP contribution in [0.25, 0.3) is 10.6 Å². The first-order chi connectivity index (χ1) is 11.1. The van der Waals surface area contributed by atoms with Gasteiger partial charge in [-0.25, -0.2) is 4.98 Å². The van der Waals surface area contributed by atoms with Crippen LogP contribution in [0.5, 0.6) is 0 Å². The minimum atomic E-state index is 0.0976. The predicted molar refractivity (Wildman–Crippen MR) is 93.3 cm³/mol. The quantitative estimate of drug-likeness (QED) is 0.914. The number of pyridine rings is 1. The van der Waals surface area contributed by atoms with Gasteiger partial charge < -0.3 is 5.32 Å². The second-order valence-electron chi connectivity index (χ2n) is 6.54. The third kappa shape index (κ3) is 3.96. The number of hydrogen-bond acceptors (Lipinski definition) is 4. The van der Waals surface area contributed by atoms with Gasteiger partial charge in [0.15, 0.2) is 0 Å². The second-order valence-corrected chi connectivity index (χ2v) is 7.62.